The molecule has 64 heavy (non-hydrogen) atoms. The summed E-state index contributed by atoms with van der Waals surface area (Å²) in [5.41, 5.74) is 1.27. The molecule has 1 N–H and O–H groups in total. The number of amides is 1. The summed E-state index contributed by atoms with van der Waals surface area (Å²) in [6.45, 7) is 9.92. The van der Waals surface area contributed by atoms with Gasteiger partial charge >= 0.3 is 6.16 Å². The van der Waals surface area contributed by atoms with Gasteiger partial charge in [-0.1, -0.05) is 24.3 Å². The summed E-state index contributed by atoms with van der Waals surface area (Å²) in [5.74, 6) is -14.0. The molecule has 0 radical (unpaired) electrons. The molecule has 0 bridgehead atoms. The fourth-order valence-electron chi connectivity index (χ4n) is 4.72. The first kappa shape index (κ1) is 53.7. The molecule has 0 fully saturated rings. The third kappa shape index (κ3) is 21.8. The average molecular weight is 924 g/mol. The normalized spacial score (nSPS) is 11.8. The van der Waals surface area contributed by atoms with Crippen LogP contribution in [0.15, 0.2) is 24.3 Å². The average Bonchev–Trinajstić information content (AvgIpc) is 3.30. The van der Waals surface area contributed by atoms with Crippen molar-refractivity contribution in [1.82, 2.24) is 25.7 Å². The molecule has 1 heterocycles. The number of nitrogens with zero attached hydrogens (tertiary/aromatic N) is 4. The van der Waals surface area contributed by atoms with E-state index in [9.17, 15) is 31.5 Å². The Hall–Kier alpha value is -4.63. The maximum absolute atomic E-state index is 13.8. The molecule has 19 nitrogen and oxygen atoms in total. The summed E-state index contributed by atoms with van der Waals surface area (Å²) < 4.78 is 130. The predicted octanol–water partition coefficient (Wildman–Crippen LogP) is 3.71. The van der Waals surface area contributed by atoms with Gasteiger partial charge in [0, 0.05) is 25.6 Å². The van der Waals surface area contributed by atoms with Gasteiger partial charge in [-0.05, 0) is 12.5 Å². The van der Waals surface area contributed by atoms with Crippen molar-refractivity contribution in [3.05, 3.63) is 64.7 Å². The van der Waals surface area contributed by atoms with Crippen LogP contribution in [0, 0.1) is 29.1 Å². The Balaban J connectivity index is 1.10. The van der Waals surface area contributed by atoms with Crippen LogP contribution in [0.2, 0.25) is 0 Å². The van der Waals surface area contributed by atoms with E-state index in [1.807, 2.05) is 0 Å². The molecule has 3 rings (SSSR count). The van der Waals surface area contributed by atoms with Gasteiger partial charge in [0.2, 0.25) is 52.4 Å². The predicted molar refractivity (Wildman–Crippen MR) is 211 cm³/mol. The Labute approximate surface area is 366 Å². The number of methoxy groups -OCH3 is 1. The third-order valence-corrected chi connectivity index (χ3v) is 8.07. The number of rotatable bonds is 36. The monoisotopic (exact) mass is 923 g/mol. The van der Waals surface area contributed by atoms with E-state index in [1.54, 1.807) is 31.4 Å². The maximum Gasteiger partial charge on any atom is 0.514 e. The van der Waals surface area contributed by atoms with Crippen molar-refractivity contribution >= 4 is 12.1 Å². The van der Waals surface area contributed by atoms with Gasteiger partial charge in [0.05, 0.1) is 126 Å². The summed E-state index contributed by atoms with van der Waals surface area (Å²) in [6.07, 6.45) is -2.99. The first-order valence-electron chi connectivity index (χ1n) is 20.1. The van der Waals surface area contributed by atoms with E-state index < -0.39 is 47.1 Å². The number of ether oxygens (including phenoxy) is 12. The van der Waals surface area contributed by atoms with Crippen LogP contribution >= 0.6 is 0 Å². The van der Waals surface area contributed by atoms with Crippen LogP contribution in [0.3, 0.4) is 0 Å². The Kier molecular flexibility index (Phi) is 27.6. The lowest BCUT2D eigenvalue weighted by molar-refractivity contribution is -0.122. The fourth-order valence-corrected chi connectivity index (χ4v) is 4.72. The molecule has 358 valence electrons. The number of halogens is 5. The standard InChI is InChI=1S/C40H54F5N5O14/c1-28(63-40(52)64-37-35(44)33(42)32(41)34(43)36(37)45)38-47-49-39(50-48-38)30-5-3-29(4-6-30)27-46-31(51)7-8-54-11-12-56-15-16-58-19-20-60-23-24-62-26-25-61-22-21-59-18-17-57-14-13-55-10-9-53-2/h3-6,28H,7-27H2,1-2H3,(H,46,51). The molecular weight excluding hydrogens is 869 g/mol. The first-order chi connectivity index (χ1) is 31.1. The number of nitrogens with one attached hydrogen (secondary N) is 1. The van der Waals surface area contributed by atoms with Crippen molar-refractivity contribution in [2.75, 3.05) is 133 Å². The number of benzene rings is 2. The van der Waals surface area contributed by atoms with Crippen LogP contribution in [-0.2, 0) is 63.4 Å². The van der Waals surface area contributed by atoms with Gasteiger partial charge in [-0.3, -0.25) is 4.79 Å². The smallest absolute Gasteiger partial charge is 0.423 e. The molecular formula is C40H54F5N5O14. The molecule has 24 heteroatoms. The molecule has 1 amide bonds. The zero-order chi connectivity index (χ0) is 46.2. The van der Waals surface area contributed by atoms with E-state index in [2.05, 4.69) is 30.4 Å². The minimum atomic E-state index is -2.42. The largest absolute Gasteiger partial charge is 0.514 e. The quantitative estimate of drug-likeness (QED) is 0.0220. The molecule has 0 aliphatic carbocycles. The van der Waals surface area contributed by atoms with Crippen LogP contribution in [0.5, 0.6) is 5.75 Å². The van der Waals surface area contributed by atoms with Crippen molar-refractivity contribution in [3.8, 4) is 17.1 Å². The van der Waals surface area contributed by atoms with Gasteiger partial charge in [0.1, 0.15) is 0 Å². The van der Waals surface area contributed by atoms with Gasteiger partial charge in [0.25, 0.3) is 0 Å². The van der Waals surface area contributed by atoms with Gasteiger partial charge in [0.15, 0.2) is 6.10 Å². The van der Waals surface area contributed by atoms with Crippen LogP contribution < -0.4 is 10.1 Å². The summed E-state index contributed by atoms with van der Waals surface area (Å²) in [5, 5.41) is 18.2. The molecule has 2 aromatic carbocycles. The Morgan fingerprint density at radius 2 is 0.906 bits per heavy atom. The zero-order valence-electron chi connectivity index (χ0n) is 35.6. The van der Waals surface area contributed by atoms with E-state index >= 15 is 0 Å². The SMILES string of the molecule is COCCOCCOCCOCCOCCOCCOCCOCCOCCOCCC(=O)NCc1ccc(-c2nnc(C(C)OC(=O)Oc3c(F)c(F)c(F)c(F)c3F)nn2)cc1. The summed E-state index contributed by atoms with van der Waals surface area (Å²) in [7, 11) is 1.63. The Bertz CT molecular complexity index is 1730. The minimum absolute atomic E-state index is 0.0831. The molecule has 0 saturated carbocycles. The van der Waals surface area contributed by atoms with Gasteiger partial charge < -0.3 is 62.2 Å². The lowest BCUT2D eigenvalue weighted by Crippen LogP contribution is -2.24. The minimum Gasteiger partial charge on any atom is -0.423 e. The first-order valence-corrected chi connectivity index (χ1v) is 20.1. The van der Waals surface area contributed by atoms with E-state index in [0.717, 1.165) is 5.56 Å². The second-order valence-electron chi connectivity index (χ2n) is 12.8. The molecule has 3 aromatic rings. The van der Waals surface area contributed by atoms with Gasteiger partial charge in [-0.2, -0.15) is 8.78 Å². The van der Waals surface area contributed by atoms with Crippen molar-refractivity contribution < 1.29 is 88.4 Å². The molecule has 1 aromatic heterocycles. The summed E-state index contributed by atoms with van der Waals surface area (Å²) in [6, 6.07) is 6.75. The highest BCUT2D eigenvalue weighted by molar-refractivity contribution is 5.76. The number of carbonyl (C=O) groups excluding carboxylic acids is 2. The van der Waals surface area contributed by atoms with Crippen LogP contribution in [0.25, 0.3) is 11.4 Å². The van der Waals surface area contributed by atoms with E-state index in [1.165, 1.54) is 6.92 Å². The lowest BCUT2D eigenvalue weighted by Gasteiger charge is -2.12. The van der Waals surface area contributed by atoms with Crippen molar-refractivity contribution in [3.63, 3.8) is 0 Å². The van der Waals surface area contributed by atoms with Crippen molar-refractivity contribution in [2.45, 2.75) is 26.0 Å². The van der Waals surface area contributed by atoms with E-state index in [0.29, 0.717) is 124 Å². The zero-order valence-corrected chi connectivity index (χ0v) is 35.6. The molecule has 0 aliphatic heterocycles. The number of hydrogen-bond donors (Lipinski definition) is 1. The maximum atomic E-state index is 13.8. The van der Waals surface area contributed by atoms with Crippen molar-refractivity contribution in [1.29, 1.82) is 0 Å². The number of carbonyl (C=O) groups is 2. The van der Waals surface area contributed by atoms with Gasteiger partial charge in [-0.15, -0.1) is 20.4 Å². The van der Waals surface area contributed by atoms with Gasteiger partial charge in [-0.25, -0.2) is 18.0 Å². The Morgan fingerprint density at radius 1 is 0.531 bits per heavy atom. The molecule has 0 aliphatic rings. The highest BCUT2D eigenvalue weighted by Gasteiger charge is 2.30. The molecule has 1 atom stereocenters. The molecule has 1 unspecified atom stereocenters. The van der Waals surface area contributed by atoms with Crippen LogP contribution in [0.1, 0.15) is 30.8 Å². The lowest BCUT2D eigenvalue weighted by atomic mass is 10.1. The summed E-state index contributed by atoms with van der Waals surface area (Å²) >= 11 is 0. The number of aromatic nitrogens is 4. The molecule has 0 saturated heterocycles. The highest BCUT2D eigenvalue weighted by Crippen LogP contribution is 2.30. The van der Waals surface area contributed by atoms with Crippen LogP contribution in [-0.4, -0.2) is 165 Å². The van der Waals surface area contributed by atoms with Crippen molar-refractivity contribution in [2.24, 2.45) is 0 Å². The number of hydrogen-bond acceptors (Lipinski definition) is 18. The topological polar surface area (TPSA) is 208 Å². The third-order valence-electron chi connectivity index (χ3n) is 8.07. The second kappa shape index (κ2) is 32.9. The van der Waals surface area contributed by atoms with E-state index in [-0.39, 0.29) is 37.1 Å². The van der Waals surface area contributed by atoms with E-state index in [4.69, 9.17) is 52.1 Å². The fraction of sp³-hybridized carbons (Fsp3) is 0.600. The Morgan fingerprint density at radius 3 is 1.31 bits per heavy atom. The van der Waals surface area contributed by atoms with Crippen LogP contribution in [0.4, 0.5) is 26.7 Å². The molecule has 0 spiro atoms. The summed E-state index contributed by atoms with van der Waals surface area (Å²) in [4.78, 5) is 24.2. The second-order valence-corrected chi connectivity index (χ2v) is 12.8. The highest BCUT2D eigenvalue weighted by atomic mass is 19.2.